The summed E-state index contributed by atoms with van der Waals surface area (Å²) in [5, 5.41) is 9.58. The van der Waals surface area contributed by atoms with E-state index < -0.39 is 0 Å². The molecule has 92 valence electrons. The summed E-state index contributed by atoms with van der Waals surface area (Å²) in [6, 6.07) is 2.06. The van der Waals surface area contributed by atoms with Crippen molar-refractivity contribution in [1.29, 1.82) is 0 Å². The summed E-state index contributed by atoms with van der Waals surface area (Å²) in [6.07, 6.45) is 1.81. The van der Waals surface area contributed by atoms with Gasteiger partial charge in [-0.05, 0) is 34.4 Å². The van der Waals surface area contributed by atoms with Crippen molar-refractivity contribution in [1.82, 2.24) is 15.1 Å². The highest BCUT2D eigenvalue weighted by molar-refractivity contribution is 9.10. The molecule has 0 spiro atoms. The number of hydrogen-bond acceptors (Lipinski definition) is 4. The van der Waals surface area contributed by atoms with Crippen LogP contribution in [-0.2, 0) is 7.05 Å². The van der Waals surface area contributed by atoms with Gasteiger partial charge in [-0.3, -0.25) is 4.68 Å². The maximum atomic E-state index is 5.37. The molecule has 17 heavy (non-hydrogen) atoms. The highest BCUT2D eigenvalue weighted by Crippen LogP contribution is 2.36. The van der Waals surface area contributed by atoms with Gasteiger partial charge in [-0.25, -0.2) is 0 Å². The predicted octanol–water partition coefficient (Wildman–Crippen LogP) is 2.56. The number of nitrogens with zero attached hydrogens (tertiary/aromatic N) is 2. The molecule has 1 unspecified atom stereocenters. The van der Waals surface area contributed by atoms with E-state index in [1.54, 1.807) is 24.6 Å². The molecule has 0 radical (unpaired) electrons. The molecule has 0 fully saturated rings. The molecule has 0 saturated heterocycles. The number of thiophene rings is 1. The third-order valence-electron chi connectivity index (χ3n) is 2.64. The van der Waals surface area contributed by atoms with Gasteiger partial charge in [0.05, 0.1) is 34.4 Å². The van der Waals surface area contributed by atoms with Crippen molar-refractivity contribution in [2.75, 3.05) is 14.2 Å². The first-order chi connectivity index (χ1) is 8.19. The molecule has 1 atom stereocenters. The molecule has 2 rings (SSSR count). The molecule has 0 aliphatic heterocycles. The lowest BCUT2D eigenvalue weighted by molar-refractivity contribution is 0.407. The first-order valence-corrected chi connectivity index (χ1v) is 6.82. The predicted molar refractivity (Wildman–Crippen MR) is 72.7 cm³/mol. The van der Waals surface area contributed by atoms with Crippen molar-refractivity contribution >= 4 is 27.3 Å². The fraction of sp³-hybridized carbons (Fsp3) is 0.364. The smallest absolute Gasteiger partial charge is 0.134 e. The third kappa shape index (κ3) is 2.25. The van der Waals surface area contributed by atoms with Crippen molar-refractivity contribution in [2.24, 2.45) is 7.05 Å². The number of aryl methyl sites for hydroxylation is 1. The second-order valence-electron chi connectivity index (χ2n) is 3.58. The molecule has 0 bridgehead atoms. The van der Waals surface area contributed by atoms with Crippen LogP contribution >= 0.6 is 27.3 Å². The summed E-state index contributed by atoms with van der Waals surface area (Å²) in [7, 11) is 5.56. The monoisotopic (exact) mass is 315 g/mol. The first kappa shape index (κ1) is 12.6. The number of halogens is 1. The Kier molecular flexibility index (Phi) is 3.86. The van der Waals surface area contributed by atoms with Crippen molar-refractivity contribution in [2.45, 2.75) is 6.04 Å². The van der Waals surface area contributed by atoms with Crippen LogP contribution in [0.15, 0.2) is 22.1 Å². The van der Waals surface area contributed by atoms with Gasteiger partial charge < -0.3 is 10.1 Å². The lowest BCUT2D eigenvalue weighted by Crippen LogP contribution is -2.20. The summed E-state index contributed by atoms with van der Waals surface area (Å²) in [4.78, 5) is 1.15. The van der Waals surface area contributed by atoms with Crippen LogP contribution < -0.4 is 10.1 Å². The van der Waals surface area contributed by atoms with Crippen LogP contribution in [0.2, 0.25) is 0 Å². The van der Waals surface area contributed by atoms with Crippen LogP contribution in [0.1, 0.15) is 16.6 Å². The molecule has 4 nitrogen and oxygen atoms in total. The molecule has 2 aromatic rings. The van der Waals surface area contributed by atoms with E-state index in [-0.39, 0.29) is 6.04 Å². The Labute approximate surface area is 113 Å². The van der Waals surface area contributed by atoms with E-state index in [0.717, 1.165) is 20.8 Å². The molecule has 0 aromatic carbocycles. The quantitative estimate of drug-likeness (QED) is 0.942. The van der Waals surface area contributed by atoms with Crippen molar-refractivity contribution in [3.63, 3.8) is 0 Å². The van der Waals surface area contributed by atoms with Crippen LogP contribution in [0.3, 0.4) is 0 Å². The molecular weight excluding hydrogens is 302 g/mol. The molecule has 2 heterocycles. The van der Waals surface area contributed by atoms with Gasteiger partial charge >= 0.3 is 0 Å². The summed E-state index contributed by atoms with van der Waals surface area (Å²) in [5.41, 5.74) is 1.09. The van der Waals surface area contributed by atoms with E-state index in [1.165, 1.54) is 0 Å². The van der Waals surface area contributed by atoms with Gasteiger partial charge in [0, 0.05) is 7.05 Å². The van der Waals surface area contributed by atoms with Crippen molar-refractivity contribution in [3.05, 3.63) is 32.7 Å². The van der Waals surface area contributed by atoms with Crippen molar-refractivity contribution in [3.8, 4) is 5.75 Å². The number of rotatable bonds is 4. The van der Waals surface area contributed by atoms with Crippen LogP contribution in [0.4, 0.5) is 0 Å². The van der Waals surface area contributed by atoms with E-state index in [2.05, 4.69) is 26.3 Å². The summed E-state index contributed by atoms with van der Waals surface area (Å²) in [5.74, 6) is 0.905. The lowest BCUT2D eigenvalue weighted by atomic mass is 10.1. The number of ether oxygens (including phenoxy) is 1. The summed E-state index contributed by atoms with van der Waals surface area (Å²) < 4.78 is 8.23. The first-order valence-electron chi connectivity index (χ1n) is 5.15. The minimum absolute atomic E-state index is 0.0758. The van der Waals surface area contributed by atoms with Crippen LogP contribution in [0.5, 0.6) is 5.75 Å². The highest BCUT2D eigenvalue weighted by atomic mass is 79.9. The average molecular weight is 316 g/mol. The molecule has 0 aliphatic carbocycles. The van der Waals surface area contributed by atoms with Gasteiger partial charge in [0.25, 0.3) is 0 Å². The standard InChI is InChI=1S/C11H14BrN3OS/c1-13-9(10-7(12)6-14-15(10)2)11-8(16-3)4-5-17-11/h4-6,9,13H,1-3H3. The van der Waals surface area contributed by atoms with Gasteiger partial charge in [-0.15, -0.1) is 11.3 Å². The number of nitrogens with one attached hydrogen (secondary N) is 1. The molecular formula is C11H14BrN3OS. The minimum atomic E-state index is 0.0758. The zero-order valence-electron chi connectivity index (χ0n) is 9.90. The van der Waals surface area contributed by atoms with Gasteiger partial charge in [0.2, 0.25) is 0 Å². The Hall–Kier alpha value is -0.850. The largest absolute Gasteiger partial charge is 0.496 e. The van der Waals surface area contributed by atoms with Crippen LogP contribution in [0, 0.1) is 0 Å². The van der Waals surface area contributed by atoms with E-state index in [0.29, 0.717) is 0 Å². The molecule has 1 N–H and O–H groups in total. The molecule has 2 aromatic heterocycles. The average Bonchev–Trinajstić information content (AvgIpc) is 2.91. The van der Waals surface area contributed by atoms with E-state index in [4.69, 9.17) is 4.74 Å². The summed E-state index contributed by atoms with van der Waals surface area (Å²) >= 11 is 5.20. The second-order valence-corrected chi connectivity index (χ2v) is 5.38. The van der Waals surface area contributed by atoms with Gasteiger partial charge in [0.15, 0.2) is 0 Å². The molecule has 6 heteroatoms. The molecule has 0 aliphatic rings. The van der Waals surface area contributed by atoms with Crippen LogP contribution in [0.25, 0.3) is 0 Å². The van der Waals surface area contributed by atoms with Gasteiger partial charge in [0.1, 0.15) is 5.75 Å². The number of aromatic nitrogens is 2. The topological polar surface area (TPSA) is 39.1 Å². The summed E-state index contributed by atoms with van der Waals surface area (Å²) in [6.45, 7) is 0. The van der Waals surface area contributed by atoms with E-state index in [9.17, 15) is 0 Å². The maximum Gasteiger partial charge on any atom is 0.134 e. The minimum Gasteiger partial charge on any atom is -0.496 e. The zero-order valence-corrected chi connectivity index (χ0v) is 12.3. The van der Waals surface area contributed by atoms with Crippen molar-refractivity contribution < 1.29 is 4.74 Å². The normalized spacial score (nSPS) is 12.7. The molecule has 0 amide bonds. The van der Waals surface area contributed by atoms with Gasteiger partial charge in [-0.1, -0.05) is 0 Å². The Morgan fingerprint density at radius 2 is 2.35 bits per heavy atom. The maximum absolute atomic E-state index is 5.37. The fourth-order valence-corrected chi connectivity index (χ4v) is 3.37. The highest BCUT2D eigenvalue weighted by Gasteiger charge is 2.23. The Morgan fingerprint density at radius 1 is 1.59 bits per heavy atom. The second kappa shape index (κ2) is 5.20. The molecule has 0 saturated carbocycles. The number of methoxy groups -OCH3 is 1. The number of hydrogen-bond donors (Lipinski definition) is 1. The lowest BCUT2D eigenvalue weighted by Gasteiger charge is -2.17. The Morgan fingerprint density at radius 3 is 2.88 bits per heavy atom. The third-order valence-corrected chi connectivity index (χ3v) is 4.21. The van der Waals surface area contributed by atoms with E-state index >= 15 is 0 Å². The van der Waals surface area contributed by atoms with Crippen LogP contribution in [-0.4, -0.2) is 23.9 Å². The fourth-order valence-electron chi connectivity index (χ4n) is 1.83. The SMILES string of the molecule is CNC(c1sccc1OC)c1c(Br)cnn1C. The van der Waals surface area contributed by atoms with E-state index in [1.807, 2.05) is 30.2 Å². The zero-order chi connectivity index (χ0) is 12.4. The Balaban J connectivity index is 2.47. The van der Waals surface area contributed by atoms with Gasteiger partial charge in [-0.2, -0.15) is 5.10 Å². The Bertz CT molecular complexity index is 489.